The van der Waals surface area contributed by atoms with Crippen LogP contribution >= 0.6 is 11.6 Å². The summed E-state index contributed by atoms with van der Waals surface area (Å²) >= 11 is 6.57. The van der Waals surface area contributed by atoms with Crippen molar-refractivity contribution >= 4 is 29.5 Å². The van der Waals surface area contributed by atoms with E-state index in [0.29, 0.717) is 6.42 Å². The summed E-state index contributed by atoms with van der Waals surface area (Å²) in [5, 5.41) is 4.08. The zero-order valence-electron chi connectivity index (χ0n) is 22.2. The van der Waals surface area contributed by atoms with Crippen LogP contribution in [0.2, 0.25) is 0 Å². The van der Waals surface area contributed by atoms with Gasteiger partial charge in [0.25, 0.3) is 0 Å². The van der Waals surface area contributed by atoms with Crippen LogP contribution in [0.25, 0.3) is 0 Å². The SMILES string of the molecule is CC1CCN(c2ccc(CN3CCC(NC(=O)C4C=CC(Cl)=C(C5(C)C=CN=CC5)C4)CC3)cn2)CC1. The van der Waals surface area contributed by atoms with Gasteiger partial charge < -0.3 is 10.2 Å². The van der Waals surface area contributed by atoms with Crippen molar-refractivity contribution in [3.8, 4) is 0 Å². The molecule has 1 aromatic rings. The van der Waals surface area contributed by atoms with Gasteiger partial charge in [0.2, 0.25) is 5.91 Å². The highest BCUT2D eigenvalue weighted by Gasteiger charge is 2.34. The first-order valence-electron chi connectivity index (χ1n) is 13.9. The van der Waals surface area contributed by atoms with Gasteiger partial charge in [0.1, 0.15) is 5.82 Å². The molecule has 7 heteroatoms. The smallest absolute Gasteiger partial charge is 0.227 e. The Morgan fingerprint density at radius 1 is 1.16 bits per heavy atom. The lowest BCUT2D eigenvalue weighted by atomic mass is 9.73. The number of nitrogens with one attached hydrogen (secondary N) is 1. The second-order valence-electron chi connectivity index (χ2n) is 11.5. The standard InChI is InChI=1S/C30H40ClN5O/c1-22-7-17-36(18-8-22)28-6-3-23(20-33-28)21-35-15-9-25(10-16-35)34-29(37)24-4-5-27(31)26(19-24)30(2)11-13-32-14-12-30/h3-6,11,13-14,20,22,24-25H,7-10,12,15-19,21H2,1-2H3,(H,34,37). The average molecular weight is 522 g/mol. The van der Waals surface area contributed by atoms with E-state index in [2.05, 4.69) is 52.2 Å². The Kier molecular flexibility index (Phi) is 8.15. The molecule has 0 aromatic carbocycles. The summed E-state index contributed by atoms with van der Waals surface area (Å²) < 4.78 is 0. The van der Waals surface area contributed by atoms with E-state index < -0.39 is 0 Å². The van der Waals surface area contributed by atoms with Gasteiger partial charge in [-0.25, -0.2) is 4.98 Å². The number of halogens is 1. The third-order valence-corrected chi connectivity index (χ3v) is 8.97. The van der Waals surface area contributed by atoms with E-state index in [9.17, 15) is 4.79 Å². The number of rotatable bonds is 6. The predicted molar refractivity (Wildman–Crippen MR) is 152 cm³/mol. The number of carbonyl (C=O) groups is 1. The Hall–Kier alpha value is -2.44. The molecular weight excluding hydrogens is 482 g/mol. The van der Waals surface area contributed by atoms with Crippen LogP contribution in [-0.2, 0) is 11.3 Å². The van der Waals surface area contributed by atoms with Gasteiger partial charge in [-0.2, -0.15) is 0 Å². The number of aromatic nitrogens is 1. The minimum atomic E-state index is -0.174. The van der Waals surface area contributed by atoms with E-state index in [1.807, 2.05) is 30.8 Å². The van der Waals surface area contributed by atoms with Crippen molar-refractivity contribution < 1.29 is 4.79 Å². The molecular formula is C30H40ClN5O. The Morgan fingerprint density at radius 2 is 1.95 bits per heavy atom. The highest BCUT2D eigenvalue weighted by Crippen LogP contribution is 2.43. The van der Waals surface area contributed by atoms with Crippen LogP contribution in [0.15, 0.2) is 58.4 Å². The summed E-state index contributed by atoms with van der Waals surface area (Å²) in [5.41, 5.74) is 2.21. The summed E-state index contributed by atoms with van der Waals surface area (Å²) in [4.78, 5) is 27.0. The lowest BCUT2D eigenvalue weighted by molar-refractivity contribution is -0.124. The number of nitrogens with zero attached hydrogens (tertiary/aromatic N) is 4. The summed E-state index contributed by atoms with van der Waals surface area (Å²) in [5.74, 6) is 1.87. The Bertz CT molecular complexity index is 1080. The molecule has 37 heavy (non-hydrogen) atoms. The zero-order chi connectivity index (χ0) is 25.8. The second-order valence-corrected chi connectivity index (χ2v) is 11.9. The number of anilines is 1. The molecule has 1 amide bonds. The molecule has 198 valence electrons. The quantitative estimate of drug-likeness (QED) is 0.540. The molecule has 3 aliphatic heterocycles. The van der Waals surface area contributed by atoms with Crippen LogP contribution in [0.5, 0.6) is 0 Å². The molecule has 0 bridgehead atoms. The van der Waals surface area contributed by atoms with Gasteiger partial charge in [-0.05, 0) is 67.7 Å². The van der Waals surface area contributed by atoms with E-state index in [-0.39, 0.29) is 23.3 Å². The van der Waals surface area contributed by atoms with Crippen LogP contribution in [0.4, 0.5) is 5.82 Å². The van der Waals surface area contributed by atoms with Crippen LogP contribution in [-0.4, -0.2) is 54.2 Å². The summed E-state index contributed by atoms with van der Waals surface area (Å²) in [7, 11) is 0. The van der Waals surface area contributed by atoms with Crippen LogP contribution in [0.1, 0.15) is 57.9 Å². The maximum atomic E-state index is 13.2. The molecule has 0 spiro atoms. The molecule has 0 saturated carbocycles. The lowest BCUT2D eigenvalue weighted by Crippen LogP contribution is -2.46. The summed E-state index contributed by atoms with van der Waals surface area (Å²) in [6.45, 7) is 9.61. The van der Waals surface area contributed by atoms with Crippen molar-refractivity contribution in [1.29, 1.82) is 0 Å². The monoisotopic (exact) mass is 521 g/mol. The van der Waals surface area contributed by atoms with Gasteiger partial charge in [0.05, 0.1) is 5.92 Å². The topological polar surface area (TPSA) is 60.8 Å². The highest BCUT2D eigenvalue weighted by atomic mass is 35.5. The van der Waals surface area contributed by atoms with E-state index in [0.717, 1.165) is 74.3 Å². The van der Waals surface area contributed by atoms with Crippen LogP contribution < -0.4 is 10.2 Å². The minimum Gasteiger partial charge on any atom is -0.357 e. The number of hydrogen-bond acceptors (Lipinski definition) is 5. The molecule has 1 aliphatic carbocycles. The van der Waals surface area contributed by atoms with Crippen molar-refractivity contribution in [2.75, 3.05) is 31.1 Å². The van der Waals surface area contributed by atoms with Crippen LogP contribution in [0, 0.1) is 17.3 Å². The molecule has 1 N–H and O–H groups in total. The van der Waals surface area contributed by atoms with Gasteiger partial charge in [-0.1, -0.05) is 43.7 Å². The maximum absolute atomic E-state index is 13.2. The number of carbonyl (C=O) groups excluding carboxylic acids is 1. The van der Waals surface area contributed by atoms with Crippen LogP contribution in [0.3, 0.4) is 0 Å². The fraction of sp³-hybridized carbons (Fsp3) is 0.567. The minimum absolute atomic E-state index is 0.111. The maximum Gasteiger partial charge on any atom is 0.227 e. The molecule has 4 heterocycles. The number of amides is 1. The zero-order valence-corrected chi connectivity index (χ0v) is 23.0. The third-order valence-electron chi connectivity index (χ3n) is 8.62. The molecule has 2 atom stereocenters. The van der Waals surface area contributed by atoms with Crippen molar-refractivity contribution in [3.63, 3.8) is 0 Å². The summed E-state index contributed by atoms with van der Waals surface area (Å²) in [6.07, 6.45) is 17.7. The van der Waals surface area contributed by atoms with Crippen molar-refractivity contribution in [2.45, 2.75) is 65.0 Å². The first-order chi connectivity index (χ1) is 17.9. The number of pyridine rings is 1. The summed E-state index contributed by atoms with van der Waals surface area (Å²) in [6, 6.07) is 4.64. The number of allylic oxidation sites excluding steroid dienone is 4. The molecule has 0 radical (unpaired) electrons. The van der Waals surface area contributed by atoms with Gasteiger partial charge in [0.15, 0.2) is 0 Å². The lowest BCUT2D eigenvalue weighted by Gasteiger charge is -2.35. The Balaban J connectivity index is 1.08. The largest absolute Gasteiger partial charge is 0.357 e. The normalized spacial score (nSPS) is 27.6. The predicted octanol–water partition coefficient (Wildman–Crippen LogP) is 5.46. The van der Waals surface area contributed by atoms with Gasteiger partial charge >= 0.3 is 0 Å². The van der Waals surface area contributed by atoms with Gasteiger partial charge in [-0.3, -0.25) is 14.7 Å². The fourth-order valence-corrected chi connectivity index (χ4v) is 6.28. The number of hydrogen-bond donors (Lipinski definition) is 1. The molecule has 2 fully saturated rings. The first-order valence-corrected chi connectivity index (χ1v) is 14.3. The number of likely N-dealkylation sites (tertiary alicyclic amines) is 1. The molecule has 6 nitrogen and oxygen atoms in total. The van der Waals surface area contributed by atoms with E-state index in [4.69, 9.17) is 16.6 Å². The van der Waals surface area contributed by atoms with Gasteiger partial charge in [0, 0.05) is 67.8 Å². The fourth-order valence-electron chi connectivity index (χ4n) is 5.91. The van der Waals surface area contributed by atoms with E-state index in [1.165, 1.54) is 18.4 Å². The molecule has 1 aromatic heterocycles. The highest BCUT2D eigenvalue weighted by molar-refractivity contribution is 6.31. The molecule has 4 aliphatic rings. The first kappa shape index (κ1) is 26.2. The van der Waals surface area contributed by atoms with E-state index >= 15 is 0 Å². The third kappa shape index (κ3) is 6.35. The Labute approximate surface area is 226 Å². The van der Waals surface area contributed by atoms with Crippen molar-refractivity contribution in [3.05, 3.63) is 58.9 Å². The second kappa shape index (κ2) is 11.5. The Morgan fingerprint density at radius 3 is 2.62 bits per heavy atom. The average Bonchev–Trinajstić information content (AvgIpc) is 2.91. The van der Waals surface area contributed by atoms with E-state index in [1.54, 1.807) is 0 Å². The van der Waals surface area contributed by atoms with Crippen molar-refractivity contribution in [1.82, 2.24) is 15.2 Å². The molecule has 5 rings (SSSR count). The molecule has 2 saturated heterocycles. The van der Waals surface area contributed by atoms with Gasteiger partial charge in [-0.15, -0.1) is 0 Å². The van der Waals surface area contributed by atoms with Crippen molar-refractivity contribution in [2.24, 2.45) is 22.2 Å². The number of piperidine rings is 2. The number of aliphatic imine (C=N–C) groups is 1. The molecule has 2 unspecified atom stereocenters.